The van der Waals surface area contributed by atoms with Crippen LogP contribution in [0.15, 0.2) is 18.2 Å². The van der Waals surface area contributed by atoms with Crippen LogP contribution in [0.3, 0.4) is 0 Å². The molecule has 2 fully saturated rings. The Balaban J connectivity index is 1.31. The largest absolute Gasteiger partial charge is 0.493 e. The second kappa shape index (κ2) is 7.14. The predicted octanol–water partition coefficient (Wildman–Crippen LogP) is 2.50. The summed E-state index contributed by atoms with van der Waals surface area (Å²) in [5, 5.41) is 0. The molecule has 1 aromatic carbocycles. The summed E-state index contributed by atoms with van der Waals surface area (Å²) in [7, 11) is 0. The third kappa shape index (κ3) is 3.44. The lowest BCUT2D eigenvalue weighted by molar-refractivity contribution is -0.136. The lowest BCUT2D eigenvalue weighted by atomic mass is 9.96. The number of carbonyl (C=O) groups excluding carboxylic acids is 1. The number of amides is 1. The van der Waals surface area contributed by atoms with E-state index < -0.39 is 0 Å². The van der Waals surface area contributed by atoms with Crippen molar-refractivity contribution >= 4 is 5.91 Å². The van der Waals surface area contributed by atoms with E-state index in [9.17, 15) is 4.79 Å². The second-order valence-electron chi connectivity index (χ2n) is 7.46. The molecule has 0 radical (unpaired) electrons. The topological polar surface area (TPSA) is 32.8 Å². The average molecular weight is 328 g/mol. The predicted molar refractivity (Wildman–Crippen MR) is 94.3 cm³/mol. The molecule has 0 aromatic heterocycles. The van der Waals surface area contributed by atoms with E-state index in [2.05, 4.69) is 28.0 Å². The first-order chi connectivity index (χ1) is 11.8. The fourth-order valence-electron chi connectivity index (χ4n) is 4.34. The van der Waals surface area contributed by atoms with E-state index >= 15 is 0 Å². The van der Waals surface area contributed by atoms with Crippen molar-refractivity contribution in [2.75, 3.05) is 39.3 Å². The van der Waals surface area contributed by atoms with E-state index in [1.807, 2.05) is 0 Å². The highest BCUT2D eigenvalue weighted by Gasteiger charge is 2.30. The number of hydrogen-bond donors (Lipinski definition) is 0. The Bertz CT molecular complexity index is 595. The third-order valence-electron chi connectivity index (χ3n) is 5.74. The number of hydrogen-bond acceptors (Lipinski definition) is 3. The van der Waals surface area contributed by atoms with Crippen molar-refractivity contribution in [1.29, 1.82) is 0 Å². The van der Waals surface area contributed by atoms with Crippen LogP contribution in [0.5, 0.6) is 5.75 Å². The highest BCUT2D eigenvalue weighted by Crippen LogP contribution is 2.26. The minimum Gasteiger partial charge on any atom is -0.493 e. The molecule has 1 aromatic rings. The molecule has 130 valence electrons. The van der Waals surface area contributed by atoms with E-state index in [1.54, 1.807) is 0 Å². The first kappa shape index (κ1) is 15.9. The van der Waals surface area contributed by atoms with Crippen LogP contribution in [0.4, 0.5) is 0 Å². The molecule has 1 atom stereocenters. The highest BCUT2D eigenvalue weighted by atomic mass is 16.5. The van der Waals surface area contributed by atoms with Crippen molar-refractivity contribution in [3.05, 3.63) is 29.3 Å². The Labute approximate surface area is 144 Å². The van der Waals surface area contributed by atoms with Gasteiger partial charge < -0.3 is 14.5 Å². The van der Waals surface area contributed by atoms with Gasteiger partial charge in [-0.15, -0.1) is 0 Å². The van der Waals surface area contributed by atoms with Gasteiger partial charge in [-0.25, -0.2) is 0 Å². The normalized spacial score (nSPS) is 24.0. The lowest BCUT2D eigenvalue weighted by Gasteiger charge is -2.34. The number of piperidine rings is 1. The molecule has 0 N–H and O–H groups in total. The van der Waals surface area contributed by atoms with Crippen LogP contribution in [0, 0.1) is 5.92 Å². The Kier molecular flexibility index (Phi) is 4.74. The first-order valence-corrected chi connectivity index (χ1v) is 9.55. The molecule has 0 saturated carbocycles. The number of fused-ring (bicyclic) bond motifs is 1. The molecule has 1 amide bonds. The van der Waals surface area contributed by atoms with Gasteiger partial charge in [0.1, 0.15) is 5.75 Å². The SMILES string of the molecule is O=C([C@H]1CCCN(CCc2ccc3c(c2)CCO3)C1)N1CCCC1. The maximum absolute atomic E-state index is 12.6. The quantitative estimate of drug-likeness (QED) is 0.851. The van der Waals surface area contributed by atoms with E-state index in [4.69, 9.17) is 4.74 Å². The molecule has 4 heteroatoms. The summed E-state index contributed by atoms with van der Waals surface area (Å²) < 4.78 is 5.58. The van der Waals surface area contributed by atoms with E-state index in [1.165, 1.54) is 24.0 Å². The van der Waals surface area contributed by atoms with Gasteiger partial charge in [0.2, 0.25) is 5.91 Å². The molecule has 2 saturated heterocycles. The fraction of sp³-hybridized carbons (Fsp3) is 0.650. The summed E-state index contributed by atoms with van der Waals surface area (Å²) in [4.78, 5) is 17.2. The Morgan fingerprint density at radius 2 is 2.04 bits per heavy atom. The van der Waals surface area contributed by atoms with Crippen LogP contribution >= 0.6 is 0 Å². The van der Waals surface area contributed by atoms with Gasteiger partial charge in [-0.05, 0) is 55.8 Å². The van der Waals surface area contributed by atoms with Crippen molar-refractivity contribution in [2.45, 2.75) is 38.5 Å². The smallest absolute Gasteiger partial charge is 0.226 e. The Hall–Kier alpha value is -1.55. The first-order valence-electron chi connectivity index (χ1n) is 9.55. The molecular weight excluding hydrogens is 300 g/mol. The summed E-state index contributed by atoms with van der Waals surface area (Å²) in [6.07, 6.45) is 6.70. The number of likely N-dealkylation sites (tertiary alicyclic amines) is 2. The Morgan fingerprint density at radius 1 is 1.17 bits per heavy atom. The molecule has 4 rings (SSSR count). The van der Waals surface area contributed by atoms with Gasteiger partial charge in [0.15, 0.2) is 0 Å². The maximum Gasteiger partial charge on any atom is 0.226 e. The molecule has 0 aliphatic carbocycles. The lowest BCUT2D eigenvalue weighted by Crippen LogP contribution is -2.44. The molecule has 3 heterocycles. The number of rotatable bonds is 4. The van der Waals surface area contributed by atoms with Crippen molar-refractivity contribution in [2.24, 2.45) is 5.92 Å². The Morgan fingerprint density at radius 3 is 2.92 bits per heavy atom. The molecule has 3 aliphatic rings. The van der Waals surface area contributed by atoms with Gasteiger partial charge >= 0.3 is 0 Å². The average Bonchev–Trinajstić information content (AvgIpc) is 3.30. The zero-order valence-electron chi connectivity index (χ0n) is 14.5. The maximum atomic E-state index is 12.6. The van der Waals surface area contributed by atoms with Crippen LogP contribution in [-0.4, -0.2) is 55.0 Å². The monoisotopic (exact) mass is 328 g/mol. The summed E-state index contributed by atoms with van der Waals surface area (Å²) in [5.41, 5.74) is 2.75. The van der Waals surface area contributed by atoms with Crippen molar-refractivity contribution in [3.8, 4) is 5.75 Å². The molecule has 4 nitrogen and oxygen atoms in total. The fourth-order valence-corrected chi connectivity index (χ4v) is 4.34. The van der Waals surface area contributed by atoms with Crippen LogP contribution in [0.1, 0.15) is 36.8 Å². The number of benzene rings is 1. The molecular formula is C20H28N2O2. The van der Waals surface area contributed by atoms with Crippen molar-refractivity contribution in [1.82, 2.24) is 9.80 Å². The van der Waals surface area contributed by atoms with Crippen LogP contribution < -0.4 is 4.74 Å². The standard InChI is InChI=1S/C20H28N2O2/c23-20(22-10-1-2-11-22)18-4-3-9-21(15-18)12-7-16-5-6-19-17(14-16)8-13-24-19/h5-6,14,18H,1-4,7-13,15H2/t18-/m0/s1. The van der Waals surface area contributed by atoms with Crippen LogP contribution in [-0.2, 0) is 17.6 Å². The minimum absolute atomic E-state index is 0.227. The number of nitrogens with zero attached hydrogens (tertiary/aromatic N) is 2. The van der Waals surface area contributed by atoms with Crippen LogP contribution in [0.25, 0.3) is 0 Å². The summed E-state index contributed by atoms with van der Waals surface area (Å²) >= 11 is 0. The number of ether oxygens (including phenoxy) is 1. The van der Waals surface area contributed by atoms with Gasteiger partial charge in [0.05, 0.1) is 12.5 Å². The third-order valence-corrected chi connectivity index (χ3v) is 5.74. The van der Waals surface area contributed by atoms with E-state index in [0.29, 0.717) is 5.91 Å². The highest BCUT2D eigenvalue weighted by molar-refractivity contribution is 5.79. The van der Waals surface area contributed by atoms with Crippen LogP contribution in [0.2, 0.25) is 0 Å². The molecule has 24 heavy (non-hydrogen) atoms. The minimum atomic E-state index is 0.227. The van der Waals surface area contributed by atoms with Gasteiger partial charge in [0.25, 0.3) is 0 Å². The zero-order chi connectivity index (χ0) is 16.4. The number of carbonyl (C=O) groups is 1. The summed E-state index contributed by atoms with van der Waals surface area (Å²) in [6, 6.07) is 6.62. The second-order valence-corrected chi connectivity index (χ2v) is 7.46. The molecule has 0 unspecified atom stereocenters. The van der Waals surface area contributed by atoms with E-state index in [-0.39, 0.29) is 5.92 Å². The van der Waals surface area contributed by atoms with Crippen molar-refractivity contribution < 1.29 is 9.53 Å². The van der Waals surface area contributed by atoms with Gasteiger partial charge in [0, 0.05) is 32.6 Å². The van der Waals surface area contributed by atoms with Gasteiger partial charge in [-0.2, -0.15) is 0 Å². The summed E-state index contributed by atoms with van der Waals surface area (Å²) in [6.45, 7) is 5.93. The van der Waals surface area contributed by atoms with E-state index in [0.717, 1.165) is 70.8 Å². The molecule has 0 spiro atoms. The van der Waals surface area contributed by atoms with Crippen molar-refractivity contribution in [3.63, 3.8) is 0 Å². The molecule has 3 aliphatic heterocycles. The molecule has 0 bridgehead atoms. The zero-order valence-corrected chi connectivity index (χ0v) is 14.5. The van der Waals surface area contributed by atoms with Gasteiger partial charge in [-0.3, -0.25) is 4.79 Å². The van der Waals surface area contributed by atoms with Gasteiger partial charge in [-0.1, -0.05) is 12.1 Å². The summed E-state index contributed by atoms with van der Waals surface area (Å²) in [5.74, 6) is 1.70.